The minimum Gasteiger partial charge on any atom is -0.292 e. The van der Waals surface area contributed by atoms with Crippen molar-refractivity contribution in [3.05, 3.63) is 60.7 Å². The predicted molar refractivity (Wildman–Crippen MR) is 95.5 cm³/mol. The Kier molecular flexibility index (Phi) is 3.84. The quantitative estimate of drug-likeness (QED) is 0.536. The summed E-state index contributed by atoms with van der Waals surface area (Å²) in [5.41, 5.74) is 0.788. The van der Waals surface area contributed by atoms with Gasteiger partial charge in [-0.3, -0.25) is 9.36 Å². The zero-order valence-electron chi connectivity index (χ0n) is 12.6. The van der Waals surface area contributed by atoms with Crippen molar-refractivity contribution in [3.63, 3.8) is 0 Å². The first-order valence-corrected chi connectivity index (χ1v) is 9.07. The number of alkyl halides is 3. The number of allylic oxidation sites excluding steroid dienone is 1. The van der Waals surface area contributed by atoms with E-state index in [1.165, 1.54) is 22.0 Å². The SMILES string of the molecule is O=c1c2ccc(C(F)(F)F)cc2nc2n1CC/C2=C\c1csc(Br)c1. The summed E-state index contributed by atoms with van der Waals surface area (Å²) in [6.45, 7) is 0.481. The molecule has 3 heterocycles. The lowest BCUT2D eigenvalue weighted by Gasteiger charge is -2.09. The number of hydrogen-bond acceptors (Lipinski definition) is 3. The first kappa shape index (κ1) is 16.5. The van der Waals surface area contributed by atoms with Crippen molar-refractivity contribution in [2.24, 2.45) is 0 Å². The maximum Gasteiger partial charge on any atom is 0.416 e. The Morgan fingerprint density at radius 2 is 2.08 bits per heavy atom. The molecule has 0 saturated carbocycles. The summed E-state index contributed by atoms with van der Waals surface area (Å²) in [4.78, 5) is 17.0. The maximum absolute atomic E-state index is 12.9. The molecule has 0 bridgehead atoms. The lowest BCUT2D eigenvalue weighted by Crippen LogP contribution is -2.21. The number of halogens is 4. The Morgan fingerprint density at radius 3 is 2.76 bits per heavy atom. The van der Waals surface area contributed by atoms with Crippen LogP contribution in [0, 0.1) is 0 Å². The largest absolute Gasteiger partial charge is 0.416 e. The zero-order chi connectivity index (χ0) is 17.8. The fourth-order valence-corrected chi connectivity index (χ4v) is 4.06. The summed E-state index contributed by atoms with van der Waals surface area (Å²) in [7, 11) is 0. The van der Waals surface area contributed by atoms with Crippen LogP contribution in [0.3, 0.4) is 0 Å². The first-order valence-electron chi connectivity index (χ1n) is 7.40. The van der Waals surface area contributed by atoms with E-state index in [0.717, 1.165) is 27.1 Å². The molecule has 0 aliphatic carbocycles. The highest BCUT2D eigenvalue weighted by Gasteiger charge is 2.31. The molecule has 0 unspecified atom stereocenters. The van der Waals surface area contributed by atoms with Crippen LogP contribution >= 0.6 is 27.3 Å². The van der Waals surface area contributed by atoms with Crippen LogP contribution in [-0.2, 0) is 12.7 Å². The number of nitrogens with zero attached hydrogens (tertiary/aromatic N) is 2. The molecule has 3 aromatic rings. The molecular formula is C17H10BrF3N2OS. The molecule has 4 rings (SSSR count). The lowest BCUT2D eigenvalue weighted by molar-refractivity contribution is -0.137. The van der Waals surface area contributed by atoms with Crippen molar-refractivity contribution in [1.82, 2.24) is 9.55 Å². The lowest BCUT2D eigenvalue weighted by atomic mass is 10.1. The van der Waals surface area contributed by atoms with Gasteiger partial charge in [-0.05, 0) is 69.2 Å². The summed E-state index contributed by atoms with van der Waals surface area (Å²) in [6, 6.07) is 5.02. The molecule has 0 spiro atoms. The van der Waals surface area contributed by atoms with Gasteiger partial charge in [0.15, 0.2) is 0 Å². The number of aromatic nitrogens is 2. The van der Waals surface area contributed by atoms with Crippen LogP contribution in [0.4, 0.5) is 13.2 Å². The van der Waals surface area contributed by atoms with Gasteiger partial charge in [-0.2, -0.15) is 13.2 Å². The fourth-order valence-electron chi connectivity index (χ4n) is 2.93. The summed E-state index contributed by atoms with van der Waals surface area (Å²) >= 11 is 4.93. The Hall–Kier alpha value is -1.93. The van der Waals surface area contributed by atoms with Crippen molar-refractivity contribution < 1.29 is 13.2 Å². The average molecular weight is 427 g/mol. The average Bonchev–Trinajstić information content (AvgIpc) is 3.13. The number of hydrogen-bond donors (Lipinski definition) is 0. The molecule has 0 amide bonds. The van der Waals surface area contributed by atoms with Crippen LogP contribution in [0.25, 0.3) is 22.6 Å². The van der Waals surface area contributed by atoms with Crippen LogP contribution in [0.1, 0.15) is 23.4 Å². The molecule has 0 atom stereocenters. The van der Waals surface area contributed by atoms with Crippen LogP contribution < -0.4 is 5.56 Å². The van der Waals surface area contributed by atoms with Crippen molar-refractivity contribution in [1.29, 1.82) is 0 Å². The highest BCUT2D eigenvalue weighted by molar-refractivity contribution is 9.11. The van der Waals surface area contributed by atoms with E-state index in [2.05, 4.69) is 20.9 Å². The van der Waals surface area contributed by atoms with Gasteiger partial charge in [-0.1, -0.05) is 0 Å². The van der Waals surface area contributed by atoms with Gasteiger partial charge in [0.25, 0.3) is 5.56 Å². The Bertz CT molecular complexity index is 1080. The summed E-state index contributed by atoms with van der Waals surface area (Å²) in [5.74, 6) is 0.444. The van der Waals surface area contributed by atoms with E-state index in [-0.39, 0.29) is 16.5 Å². The van der Waals surface area contributed by atoms with Crippen molar-refractivity contribution >= 4 is 49.8 Å². The van der Waals surface area contributed by atoms with Gasteiger partial charge < -0.3 is 0 Å². The second-order valence-corrected chi connectivity index (χ2v) is 8.02. The summed E-state index contributed by atoms with van der Waals surface area (Å²) in [6.07, 6.45) is -1.92. The minimum atomic E-state index is -4.47. The summed E-state index contributed by atoms with van der Waals surface area (Å²) in [5, 5.41) is 2.16. The number of thiophene rings is 1. The molecule has 0 N–H and O–H groups in total. The molecule has 0 saturated heterocycles. The van der Waals surface area contributed by atoms with E-state index in [1.54, 1.807) is 0 Å². The monoisotopic (exact) mass is 426 g/mol. The highest BCUT2D eigenvalue weighted by atomic mass is 79.9. The Morgan fingerprint density at radius 1 is 1.28 bits per heavy atom. The van der Waals surface area contributed by atoms with E-state index in [0.29, 0.717) is 18.8 Å². The molecule has 25 heavy (non-hydrogen) atoms. The predicted octanol–water partition coefficient (Wildman–Crippen LogP) is 5.18. The maximum atomic E-state index is 12.9. The number of benzene rings is 1. The van der Waals surface area contributed by atoms with Gasteiger partial charge in [0, 0.05) is 6.54 Å². The third-order valence-corrected chi connectivity index (χ3v) is 5.63. The first-order chi connectivity index (χ1) is 11.8. The second kappa shape index (κ2) is 5.81. The van der Waals surface area contributed by atoms with E-state index in [9.17, 15) is 18.0 Å². The van der Waals surface area contributed by atoms with E-state index in [4.69, 9.17) is 0 Å². The van der Waals surface area contributed by atoms with E-state index >= 15 is 0 Å². The fraction of sp³-hybridized carbons (Fsp3) is 0.176. The van der Waals surface area contributed by atoms with Crippen LogP contribution in [0.2, 0.25) is 0 Å². The van der Waals surface area contributed by atoms with Crippen molar-refractivity contribution in [3.8, 4) is 0 Å². The molecular weight excluding hydrogens is 417 g/mol. The molecule has 1 aliphatic heterocycles. The Labute approximate surface area is 152 Å². The number of fused-ring (bicyclic) bond motifs is 2. The van der Waals surface area contributed by atoms with Gasteiger partial charge in [0.1, 0.15) is 5.82 Å². The van der Waals surface area contributed by atoms with Gasteiger partial charge in [-0.15, -0.1) is 11.3 Å². The van der Waals surface area contributed by atoms with Gasteiger partial charge in [-0.25, -0.2) is 4.98 Å². The zero-order valence-corrected chi connectivity index (χ0v) is 15.0. The topological polar surface area (TPSA) is 34.9 Å². The number of rotatable bonds is 1. The van der Waals surface area contributed by atoms with Gasteiger partial charge in [0.2, 0.25) is 0 Å². The molecule has 3 nitrogen and oxygen atoms in total. The molecule has 128 valence electrons. The molecule has 0 radical (unpaired) electrons. The van der Waals surface area contributed by atoms with E-state index < -0.39 is 11.7 Å². The molecule has 8 heteroatoms. The van der Waals surface area contributed by atoms with Crippen molar-refractivity contribution in [2.45, 2.75) is 19.1 Å². The summed E-state index contributed by atoms with van der Waals surface area (Å²) < 4.78 is 41.3. The highest BCUT2D eigenvalue weighted by Crippen LogP contribution is 2.33. The van der Waals surface area contributed by atoms with Crippen LogP contribution in [-0.4, -0.2) is 9.55 Å². The third-order valence-electron chi connectivity index (χ3n) is 4.10. The molecule has 2 aromatic heterocycles. The van der Waals surface area contributed by atoms with Gasteiger partial charge >= 0.3 is 6.18 Å². The second-order valence-electron chi connectivity index (χ2n) is 5.73. The van der Waals surface area contributed by atoms with Crippen LogP contribution in [0.5, 0.6) is 0 Å². The Balaban J connectivity index is 1.90. The van der Waals surface area contributed by atoms with Gasteiger partial charge in [0.05, 0.1) is 20.3 Å². The minimum absolute atomic E-state index is 0.0744. The standard InChI is InChI=1S/C17H10BrF3N2OS/c18-14-6-9(8-25-14)5-10-3-4-23-15(10)22-13-7-11(17(19,20)21)1-2-12(13)16(23)24/h1-2,5-8H,3-4H2/b10-5+. The van der Waals surface area contributed by atoms with Crippen LogP contribution in [0.15, 0.2) is 38.2 Å². The van der Waals surface area contributed by atoms with E-state index in [1.807, 2.05) is 17.5 Å². The molecule has 1 aromatic carbocycles. The smallest absolute Gasteiger partial charge is 0.292 e. The molecule has 1 aliphatic rings. The van der Waals surface area contributed by atoms with Crippen molar-refractivity contribution in [2.75, 3.05) is 0 Å². The third kappa shape index (κ3) is 2.93. The molecule has 0 fully saturated rings. The normalized spacial score (nSPS) is 15.9.